The predicted octanol–water partition coefficient (Wildman–Crippen LogP) is 3.95. The highest BCUT2D eigenvalue weighted by Crippen LogP contribution is 2.27. The van der Waals surface area contributed by atoms with E-state index in [1.54, 1.807) is 0 Å². The minimum absolute atomic E-state index is 0.450. The third kappa shape index (κ3) is 6.42. The summed E-state index contributed by atoms with van der Waals surface area (Å²) < 4.78 is 0. The molecule has 15 heavy (non-hydrogen) atoms. The van der Waals surface area contributed by atoms with Crippen LogP contribution in [0.2, 0.25) is 0 Å². The van der Waals surface area contributed by atoms with E-state index in [0.717, 1.165) is 5.92 Å². The first-order valence-corrected chi connectivity index (χ1v) is 7.11. The van der Waals surface area contributed by atoms with Crippen LogP contribution in [0.3, 0.4) is 0 Å². The largest absolute Gasteiger partial charge is 0.316 e. The van der Waals surface area contributed by atoms with Gasteiger partial charge in [0.05, 0.1) is 0 Å². The Morgan fingerprint density at radius 1 is 1.20 bits per heavy atom. The number of rotatable bonds is 7. The van der Waals surface area contributed by atoms with Gasteiger partial charge in [-0.2, -0.15) is 0 Å². The van der Waals surface area contributed by atoms with Crippen LogP contribution in [0.25, 0.3) is 0 Å². The van der Waals surface area contributed by atoms with Crippen LogP contribution in [-0.4, -0.2) is 18.5 Å². The molecule has 0 aliphatic heterocycles. The monoisotopic (exact) mass is 231 g/mol. The second-order valence-corrected chi connectivity index (χ2v) is 5.51. The molecule has 0 radical (unpaired) electrons. The summed E-state index contributed by atoms with van der Waals surface area (Å²) in [4.78, 5) is 0. The van der Waals surface area contributed by atoms with Gasteiger partial charge in [0, 0.05) is 5.38 Å². The van der Waals surface area contributed by atoms with Crippen molar-refractivity contribution in [3.8, 4) is 0 Å². The van der Waals surface area contributed by atoms with Crippen LogP contribution in [0.5, 0.6) is 0 Å². The number of nitrogens with one attached hydrogen (secondary N) is 1. The summed E-state index contributed by atoms with van der Waals surface area (Å²) in [6, 6.07) is 0. The summed E-state index contributed by atoms with van der Waals surface area (Å²) >= 11 is 6.16. The highest BCUT2D eigenvalue weighted by molar-refractivity contribution is 6.20. The Balaban J connectivity index is 1.90. The molecule has 0 amide bonds. The molecule has 90 valence electrons. The van der Waals surface area contributed by atoms with E-state index in [2.05, 4.69) is 12.2 Å². The molecule has 0 spiro atoms. The Morgan fingerprint density at radius 2 is 2.07 bits per heavy atom. The Labute approximate surface area is 100.0 Å². The van der Waals surface area contributed by atoms with Crippen LogP contribution in [0.15, 0.2) is 0 Å². The van der Waals surface area contributed by atoms with Crippen LogP contribution in [0.4, 0.5) is 0 Å². The van der Waals surface area contributed by atoms with Crippen molar-refractivity contribution in [3.63, 3.8) is 0 Å². The van der Waals surface area contributed by atoms with Crippen LogP contribution < -0.4 is 5.32 Å². The molecule has 1 nitrogen and oxygen atoms in total. The third-order valence-electron chi connectivity index (χ3n) is 3.36. The lowest BCUT2D eigenvalue weighted by molar-refractivity contribution is 0.345. The normalized spacial score (nSPS) is 26.8. The molecule has 1 rings (SSSR count). The van der Waals surface area contributed by atoms with Gasteiger partial charge >= 0.3 is 0 Å². The van der Waals surface area contributed by atoms with Crippen molar-refractivity contribution in [1.29, 1.82) is 0 Å². The van der Waals surface area contributed by atoms with Crippen molar-refractivity contribution in [2.75, 3.05) is 13.1 Å². The van der Waals surface area contributed by atoms with Gasteiger partial charge in [-0.3, -0.25) is 0 Å². The van der Waals surface area contributed by atoms with Gasteiger partial charge in [-0.05, 0) is 44.7 Å². The minimum Gasteiger partial charge on any atom is -0.316 e. The number of hydrogen-bond acceptors (Lipinski definition) is 1. The zero-order chi connectivity index (χ0) is 10.9. The highest BCUT2D eigenvalue weighted by Gasteiger charge is 2.19. The van der Waals surface area contributed by atoms with Gasteiger partial charge < -0.3 is 5.32 Å². The molecule has 0 aromatic carbocycles. The first-order valence-electron chi connectivity index (χ1n) is 6.67. The van der Waals surface area contributed by atoms with Crippen LogP contribution in [0, 0.1) is 5.92 Å². The Kier molecular flexibility index (Phi) is 7.46. The number of halogens is 1. The molecule has 1 aliphatic carbocycles. The van der Waals surface area contributed by atoms with Gasteiger partial charge in [-0.25, -0.2) is 0 Å². The molecule has 2 unspecified atom stereocenters. The number of hydrogen-bond donors (Lipinski definition) is 1. The molecule has 0 bridgehead atoms. The summed E-state index contributed by atoms with van der Waals surface area (Å²) in [5, 5.41) is 4.03. The number of alkyl halides is 1. The van der Waals surface area contributed by atoms with Crippen LogP contribution >= 0.6 is 11.6 Å². The average molecular weight is 232 g/mol. The predicted molar refractivity (Wildman–Crippen MR) is 68.6 cm³/mol. The van der Waals surface area contributed by atoms with E-state index in [0.29, 0.717) is 5.38 Å². The average Bonchev–Trinajstić information content (AvgIpc) is 2.23. The number of unbranched alkanes of at least 4 members (excludes halogenated alkanes) is 3. The summed E-state index contributed by atoms with van der Waals surface area (Å²) in [7, 11) is 0. The van der Waals surface area contributed by atoms with Crippen molar-refractivity contribution >= 4 is 11.6 Å². The highest BCUT2D eigenvalue weighted by atomic mass is 35.5. The molecule has 0 heterocycles. The topological polar surface area (TPSA) is 12.0 Å². The second-order valence-electron chi connectivity index (χ2n) is 4.89. The van der Waals surface area contributed by atoms with Crippen molar-refractivity contribution in [1.82, 2.24) is 5.32 Å². The van der Waals surface area contributed by atoms with Crippen molar-refractivity contribution < 1.29 is 0 Å². The molecule has 1 fully saturated rings. The summed E-state index contributed by atoms with van der Waals surface area (Å²) in [6.45, 7) is 4.65. The second kappa shape index (κ2) is 8.41. The Morgan fingerprint density at radius 3 is 2.80 bits per heavy atom. The fourth-order valence-electron chi connectivity index (χ4n) is 2.39. The maximum Gasteiger partial charge on any atom is 0.0339 e. The molecular weight excluding hydrogens is 206 g/mol. The van der Waals surface area contributed by atoms with Gasteiger partial charge in [0.25, 0.3) is 0 Å². The fourth-order valence-corrected chi connectivity index (χ4v) is 2.80. The van der Waals surface area contributed by atoms with Gasteiger partial charge in [-0.1, -0.05) is 32.6 Å². The van der Waals surface area contributed by atoms with E-state index in [-0.39, 0.29) is 0 Å². The molecule has 0 saturated heterocycles. The van der Waals surface area contributed by atoms with E-state index >= 15 is 0 Å². The quantitative estimate of drug-likeness (QED) is 0.517. The fraction of sp³-hybridized carbons (Fsp3) is 1.00. The standard InChI is InChI=1S/C13H26ClN/c1-2-3-4-5-9-15-11-12-7-6-8-13(14)10-12/h12-13,15H,2-11H2,1H3. The molecule has 1 N–H and O–H groups in total. The van der Waals surface area contributed by atoms with Crippen molar-refractivity contribution in [3.05, 3.63) is 0 Å². The van der Waals surface area contributed by atoms with Gasteiger partial charge in [0.15, 0.2) is 0 Å². The van der Waals surface area contributed by atoms with Gasteiger partial charge in [0.2, 0.25) is 0 Å². The molecule has 2 heteroatoms. The maximum atomic E-state index is 6.16. The Hall–Kier alpha value is 0.250. The first kappa shape index (κ1) is 13.3. The van der Waals surface area contributed by atoms with Gasteiger partial charge in [-0.15, -0.1) is 11.6 Å². The zero-order valence-corrected chi connectivity index (χ0v) is 10.9. The molecule has 0 aromatic heterocycles. The smallest absolute Gasteiger partial charge is 0.0339 e. The molecule has 1 aliphatic rings. The van der Waals surface area contributed by atoms with Crippen molar-refractivity contribution in [2.45, 2.75) is 63.7 Å². The summed E-state index contributed by atoms with van der Waals surface area (Å²) in [5.41, 5.74) is 0. The van der Waals surface area contributed by atoms with Crippen molar-refractivity contribution in [2.24, 2.45) is 5.92 Å². The third-order valence-corrected chi connectivity index (χ3v) is 3.76. The van der Waals surface area contributed by atoms with E-state index in [1.165, 1.54) is 64.5 Å². The SMILES string of the molecule is CCCCCCNCC1CCCC(Cl)C1. The first-order chi connectivity index (χ1) is 7.33. The summed E-state index contributed by atoms with van der Waals surface area (Å²) in [5.74, 6) is 0.840. The molecular formula is C13H26ClN. The molecule has 1 saturated carbocycles. The lowest BCUT2D eigenvalue weighted by atomic mass is 9.89. The lowest BCUT2D eigenvalue weighted by Crippen LogP contribution is -2.28. The lowest BCUT2D eigenvalue weighted by Gasteiger charge is -2.25. The van der Waals surface area contributed by atoms with E-state index in [9.17, 15) is 0 Å². The summed E-state index contributed by atoms with van der Waals surface area (Å²) in [6.07, 6.45) is 10.6. The van der Waals surface area contributed by atoms with E-state index in [4.69, 9.17) is 11.6 Å². The minimum atomic E-state index is 0.450. The van der Waals surface area contributed by atoms with Gasteiger partial charge in [0.1, 0.15) is 0 Å². The van der Waals surface area contributed by atoms with E-state index in [1.807, 2.05) is 0 Å². The van der Waals surface area contributed by atoms with E-state index < -0.39 is 0 Å². The maximum absolute atomic E-state index is 6.16. The Bertz CT molecular complexity index is 149. The zero-order valence-electron chi connectivity index (χ0n) is 10.1. The molecule has 0 aromatic rings. The molecule has 2 atom stereocenters. The van der Waals surface area contributed by atoms with Crippen LogP contribution in [-0.2, 0) is 0 Å². The van der Waals surface area contributed by atoms with Crippen LogP contribution in [0.1, 0.15) is 58.3 Å².